The molecule has 1 radical (unpaired) electrons. The highest BCUT2D eigenvalue weighted by Gasteiger charge is 1.92. The molecule has 0 spiro atoms. The maximum absolute atomic E-state index is 10.0. The van der Waals surface area contributed by atoms with Gasteiger partial charge >= 0.3 is 0 Å². The van der Waals surface area contributed by atoms with Crippen molar-refractivity contribution in [2.45, 2.75) is 13.1 Å². The van der Waals surface area contributed by atoms with Gasteiger partial charge in [-0.3, -0.25) is 10.0 Å². The van der Waals surface area contributed by atoms with Crippen molar-refractivity contribution in [2.24, 2.45) is 0 Å². The van der Waals surface area contributed by atoms with Gasteiger partial charge in [0, 0.05) is 0 Å². The highest BCUT2D eigenvalue weighted by Crippen LogP contribution is 1.73. The van der Waals surface area contributed by atoms with Crippen molar-refractivity contribution in [1.82, 2.24) is 5.48 Å². The Morgan fingerprint density at radius 1 is 2.00 bits per heavy atom. The summed E-state index contributed by atoms with van der Waals surface area (Å²) in [6, 6.07) is 0. The van der Waals surface area contributed by atoms with Crippen LogP contribution in [-0.2, 0) is 4.79 Å². The van der Waals surface area contributed by atoms with Crippen molar-refractivity contribution in [1.29, 1.82) is 0 Å². The summed E-state index contributed by atoms with van der Waals surface area (Å²) < 4.78 is 0. The van der Waals surface area contributed by atoms with E-state index in [4.69, 9.17) is 5.21 Å². The van der Waals surface area contributed by atoms with Crippen LogP contribution in [0.1, 0.15) is 0 Å². The van der Waals surface area contributed by atoms with E-state index >= 15 is 0 Å². The smallest absolute Gasteiger partial charge is 0.235 e. The summed E-state index contributed by atoms with van der Waals surface area (Å²) in [7, 11) is 1.66. The molecule has 0 saturated heterocycles. The lowest BCUT2D eigenvalue weighted by Gasteiger charge is -1.89. The van der Waals surface area contributed by atoms with Gasteiger partial charge in [-0.1, -0.05) is 6.82 Å². The minimum atomic E-state index is -0.373. The second-order valence-corrected chi connectivity index (χ2v) is 1.15. The number of hydrogen-bond donors (Lipinski definition) is 2. The minimum absolute atomic E-state index is 0.274. The third kappa shape index (κ3) is 3.32. The normalized spacial score (nSPS) is 7.71. The molecule has 0 aromatic rings. The molecule has 0 aromatic heterocycles. The monoisotopic (exact) mass is 100 g/mol. The van der Waals surface area contributed by atoms with Crippen molar-refractivity contribution >= 4 is 13.2 Å². The molecular weight excluding hydrogens is 92.8 g/mol. The summed E-state index contributed by atoms with van der Waals surface area (Å²) >= 11 is 0. The van der Waals surface area contributed by atoms with Gasteiger partial charge in [0.1, 0.15) is 7.28 Å². The van der Waals surface area contributed by atoms with Gasteiger partial charge in [-0.25, -0.2) is 5.48 Å². The van der Waals surface area contributed by atoms with Crippen molar-refractivity contribution in [2.75, 3.05) is 0 Å². The highest BCUT2D eigenvalue weighted by molar-refractivity contribution is 6.39. The zero-order valence-corrected chi connectivity index (χ0v) is 4.14. The minimum Gasteiger partial charge on any atom is -0.289 e. The first-order valence-electron chi connectivity index (χ1n) is 2.02. The molecule has 4 heteroatoms. The van der Waals surface area contributed by atoms with Gasteiger partial charge < -0.3 is 0 Å². The van der Waals surface area contributed by atoms with Gasteiger partial charge in [-0.05, 0) is 6.32 Å². The lowest BCUT2D eigenvalue weighted by atomic mass is 9.78. The van der Waals surface area contributed by atoms with E-state index in [0.717, 1.165) is 0 Å². The molecule has 0 aliphatic carbocycles. The van der Waals surface area contributed by atoms with Crippen LogP contribution in [0.15, 0.2) is 0 Å². The fourth-order valence-corrected chi connectivity index (χ4v) is 0.231. The van der Waals surface area contributed by atoms with Crippen molar-refractivity contribution in [3.63, 3.8) is 0 Å². The summed E-state index contributed by atoms with van der Waals surface area (Å²) in [5.41, 5.74) is 1.50. The third-order valence-corrected chi connectivity index (χ3v) is 0.514. The number of carbonyl (C=O) groups excluding carboxylic acids is 1. The van der Waals surface area contributed by atoms with Crippen LogP contribution < -0.4 is 5.48 Å². The number of nitrogens with one attached hydrogen (secondary N) is 1. The number of carbonyl (C=O) groups is 1. The molecule has 0 heterocycles. The summed E-state index contributed by atoms with van der Waals surface area (Å²) in [6.07, 6.45) is 0.274. The Labute approximate surface area is 42.9 Å². The van der Waals surface area contributed by atoms with Crippen LogP contribution in [0.25, 0.3) is 0 Å². The summed E-state index contributed by atoms with van der Waals surface area (Å²) in [4.78, 5) is 10.0. The van der Waals surface area contributed by atoms with Gasteiger partial charge in [0.2, 0.25) is 5.91 Å². The highest BCUT2D eigenvalue weighted by atomic mass is 16.5. The number of amides is 1. The van der Waals surface area contributed by atoms with Crippen molar-refractivity contribution < 1.29 is 10.0 Å². The Hall–Kier alpha value is -0.505. The third-order valence-electron chi connectivity index (χ3n) is 0.514. The average molecular weight is 99.9 g/mol. The first-order chi connectivity index (χ1) is 3.31. The number of hydrogen-bond acceptors (Lipinski definition) is 2. The summed E-state index contributed by atoms with van der Waals surface area (Å²) in [6.45, 7) is 1.75. The maximum atomic E-state index is 10.0. The average Bonchev–Trinajstić information content (AvgIpc) is 1.68. The van der Waals surface area contributed by atoms with Gasteiger partial charge in [-0.2, -0.15) is 0 Å². The lowest BCUT2D eigenvalue weighted by Crippen LogP contribution is -2.18. The molecule has 0 aliphatic heterocycles. The molecule has 39 valence electrons. The quantitative estimate of drug-likeness (QED) is 0.283. The van der Waals surface area contributed by atoms with Crippen molar-refractivity contribution in [3.05, 3.63) is 0 Å². The lowest BCUT2D eigenvalue weighted by molar-refractivity contribution is -0.126. The Bertz CT molecular complexity index is 66.0. The zero-order valence-electron chi connectivity index (χ0n) is 4.14. The topological polar surface area (TPSA) is 49.3 Å². The Morgan fingerprint density at radius 3 is 2.71 bits per heavy atom. The predicted molar refractivity (Wildman–Crippen MR) is 26.4 cm³/mol. The Morgan fingerprint density at radius 2 is 2.57 bits per heavy atom. The molecule has 0 bridgehead atoms. The van der Waals surface area contributed by atoms with E-state index in [9.17, 15) is 4.79 Å². The van der Waals surface area contributed by atoms with Gasteiger partial charge in [0.05, 0.1) is 0 Å². The predicted octanol–water partition coefficient (Wildman–Crippen LogP) is -0.338. The molecule has 3 nitrogen and oxygen atoms in total. The Balaban J connectivity index is 3.00. The van der Waals surface area contributed by atoms with Crippen LogP contribution in [0.2, 0.25) is 13.1 Å². The van der Waals surface area contributed by atoms with E-state index in [2.05, 4.69) is 0 Å². The van der Waals surface area contributed by atoms with Crippen LogP contribution >= 0.6 is 0 Å². The van der Waals surface area contributed by atoms with E-state index in [1.54, 1.807) is 14.1 Å². The van der Waals surface area contributed by atoms with Crippen LogP contribution in [0.5, 0.6) is 0 Å². The molecule has 1 amide bonds. The van der Waals surface area contributed by atoms with E-state index < -0.39 is 0 Å². The Kier molecular flexibility index (Phi) is 3.41. The number of hydroxylamine groups is 1. The molecule has 0 aliphatic rings. The van der Waals surface area contributed by atoms with E-state index in [-0.39, 0.29) is 12.2 Å². The van der Waals surface area contributed by atoms with Crippen LogP contribution in [-0.4, -0.2) is 18.4 Å². The maximum Gasteiger partial charge on any atom is 0.235 e. The summed E-state index contributed by atoms with van der Waals surface area (Å²) in [5.74, 6) is -0.373. The van der Waals surface area contributed by atoms with Crippen LogP contribution in [0, 0.1) is 0 Å². The molecule has 0 rings (SSSR count). The van der Waals surface area contributed by atoms with Crippen LogP contribution in [0.3, 0.4) is 0 Å². The molecule has 0 saturated carbocycles. The van der Waals surface area contributed by atoms with Crippen LogP contribution in [0.4, 0.5) is 0 Å². The fraction of sp³-hybridized carbons (Fsp3) is 0.667. The standard InChI is InChI=1S/C3H7BNO2/c1-4-2-3(6)5-7/h7H,2H2,1H3,(H,5,6). The SMILES string of the molecule is C[B]CC(=O)NO. The van der Waals surface area contributed by atoms with E-state index in [0.29, 0.717) is 0 Å². The second-order valence-electron chi connectivity index (χ2n) is 1.15. The molecular formula is C3H7BNO2. The van der Waals surface area contributed by atoms with Gasteiger partial charge in [0.25, 0.3) is 0 Å². The zero-order chi connectivity index (χ0) is 5.70. The first kappa shape index (κ1) is 6.49. The largest absolute Gasteiger partial charge is 0.289 e. The number of rotatable bonds is 2. The fourth-order valence-electron chi connectivity index (χ4n) is 0.231. The molecule has 0 aromatic carbocycles. The first-order valence-corrected chi connectivity index (χ1v) is 2.02. The summed E-state index contributed by atoms with van der Waals surface area (Å²) in [5, 5.41) is 7.85. The van der Waals surface area contributed by atoms with Gasteiger partial charge in [-0.15, -0.1) is 0 Å². The molecule has 0 atom stereocenters. The molecule has 0 unspecified atom stereocenters. The van der Waals surface area contributed by atoms with E-state index in [1.165, 1.54) is 5.48 Å². The molecule has 7 heavy (non-hydrogen) atoms. The second kappa shape index (κ2) is 3.68. The molecule has 2 N–H and O–H groups in total. The van der Waals surface area contributed by atoms with E-state index in [1.807, 2.05) is 0 Å². The van der Waals surface area contributed by atoms with Crippen molar-refractivity contribution in [3.8, 4) is 0 Å². The molecule has 0 fully saturated rings. The van der Waals surface area contributed by atoms with Gasteiger partial charge in [0.15, 0.2) is 0 Å².